The standard InChI is InChI=1S/C15H13BrFNO/c1-10-6-7-12(16)8-13(10)15(19)18-9-11-4-2-3-5-14(11)17/h2-8H,9H2,1H3,(H,18,19). The van der Waals surface area contributed by atoms with Gasteiger partial charge in [-0.2, -0.15) is 0 Å². The summed E-state index contributed by atoms with van der Waals surface area (Å²) in [5, 5.41) is 2.72. The highest BCUT2D eigenvalue weighted by molar-refractivity contribution is 9.10. The summed E-state index contributed by atoms with van der Waals surface area (Å²) in [5.74, 6) is -0.518. The van der Waals surface area contributed by atoms with E-state index in [4.69, 9.17) is 0 Å². The molecule has 0 aliphatic heterocycles. The molecule has 0 atom stereocenters. The molecule has 1 amide bonds. The fraction of sp³-hybridized carbons (Fsp3) is 0.133. The molecule has 0 aliphatic carbocycles. The lowest BCUT2D eigenvalue weighted by atomic mass is 10.1. The molecule has 0 heterocycles. The number of rotatable bonds is 3. The van der Waals surface area contributed by atoms with Crippen molar-refractivity contribution in [1.82, 2.24) is 5.32 Å². The topological polar surface area (TPSA) is 29.1 Å². The maximum Gasteiger partial charge on any atom is 0.251 e. The van der Waals surface area contributed by atoms with Crippen LogP contribution in [0.15, 0.2) is 46.9 Å². The minimum atomic E-state index is -0.311. The third-order valence-corrected chi connectivity index (χ3v) is 3.33. The highest BCUT2D eigenvalue weighted by atomic mass is 79.9. The van der Waals surface area contributed by atoms with E-state index in [1.807, 2.05) is 19.1 Å². The first kappa shape index (κ1) is 13.7. The van der Waals surface area contributed by atoms with Crippen molar-refractivity contribution in [1.29, 1.82) is 0 Å². The Bertz CT molecular complexity index is 613. The Kier molecular flexibility index (Phi) is 4.32. The third-order valence-electron chi connectivity index (χ3n) is 2.84. The fourth-order valence-electron chi connectivity index (χ4n) is 1.75. The molecule has 0 fully saturated rings. The summed E-state index contributed by atoms with van der Waals surface area (Å²) < 4.78 is 14.3. The molecule has 4 heteroatoms. The van der Waals surface area contributed by atoms with Crippen LogP contribution in [0, 0.1) is 12.7 Å². The molecule has 0 aromatic heterocycles. The molecule has 2 aromatic rings. The van der Waals surface area contributed by atoms with Gasteiger partial charge in [-0.1, -0.05) is 40.2 Å². The number of hydrogen-bond acceptors (Lipinski definition) is 1. The van der Waals surface area contributed by atoms with Gasteiger partial charge in [-0.05, 0) is 30.7 Å². The van der Waals surface area contributed by atoms with Crippen molar-refractivity contribution >= 4 is 21.8 Å². The van der Waals surface area contributed by atoms with Crippen LogP contribution in [0.3, 0.4) is 0 Å². The van der Waals surface area contributed by atoms with E-state index in [0.717, 1.165) is 10.0 Å². The predicted octanol–water partition coefficient (Wildman–Crippen LogP) is 3.83. The number of amides is 1. The zero-order chi connectivity index (χ0) is 13.8. The Hall–Kier alpha value is -1.68. The van der Waals surface area contributed by atoms with E-state index in [1.54, 1.807) is 24.3 Å². The molecule has 1 N–H and O–H groups in total. The maximum atomic E-state index is 13.4. The zero-order valence-electron chi connectivity index (χ0n) is 10.4. The zero-order valence-corrected chi connectivity index (χ0v) is 12.0. The lowest BCUT2D eigenvalue weighted by Gasteiger charge is -2.08. The minimum absolute atomic E-state index is 0.178. The van der Waals surface area contributed by atoms with Crippen molar-refractivity contribution in [3.8, 4) is 0 Å². The molecule has 0 unspecified atom stereocenters. The van der Waals surface area contributed by atoms with Crippen LogP contribution < -0.4 is 5.32 Å². The summed E-state index contributed by atoms with van der Waals surface area (Å²) in [5.41, 5.74) is 1.95. The second-order valence-corrected chi connectivity index (χ2v) is 5.15. The van der Waals surface area contributed by atoms with Gasteiger partial charge in [0.2, 0.25) is 0 Å². The van der Waals surface area contributed by atoms with Crippen molar-refractivity contribution in [3.05, 3.63) is 69.4 Å². The predicted molar refractivity (Wildman–Crippen MR) is 76.4 cm³/mol. The smallest absolute Gasteiger partial charge is 0.251 e. The SMILES string of the molecule is Cc1ccc(Br)cc1C(=O)NCc1ccccc1F. The summed E-state index contributed by atoms with van der Waals surface area (Å²) in [6.07, 6.45) is 0. The van der Waals surface area contributed by atoms with Gasteiger partial charge < -0.3 is 5.32 Å². The first-order valence-corrected chi connectivity index (χ1v) is 6.65. The van der Waals surface area contributed by atoms with Crippen LogP contribution in [0.2, 0.25) is 0 Å². The van der Waals surface area contributed by atoms with Gasteiger partial charge in [0.15, 0.2) is 0 Å². The largest absolute Gasteiger partial charge is 0.348 e. The second kappa shape index (κ2) is 5.97. The van der Waals surface area contributed by atoms with Crippen LogP contribution in [0.25, 0.3) is 0 Å². The van der Waals surface area contributed by atoms with Crippen LogP contribution in [-0.2, 0) is 6.54 Å². The first-order chi connectivity index (χ1) is 9.08. The molecule has 0 radical (unpaired) electrons. The molecule has 2 rings (SSSR count). The fourth-order valence-corrected chi connectivity index (χ4v) is 2.11. The maximum absolute atomic E-state index is 13.4. The Morgan fingerprint density at radius 3 is 2.74 bits per heavy atom. The molecular weight excluding hydrogens is 309 g/mol. The molecular formula is C15H13BrFNO. The van der Waals surface area contributed by atoms with E-state index in [0.29, 0.717) is 11.1 Å². The lowest BCUT2D eigenvalue weighted by molar-refractivity contribution is 0.0950. The van der Waals surface area contributed by atoms with E-state index < -0.39 is 0 Å². The van der Waals surface area contributed by atoms with Gasteiger partial charge in [0.25, 0.3) is 5.91 Å². The Balaban J connectivity index is 2.10. The Labute approximate surface area is 119 Å². The number of nitrogens with one attached hydrogen (secondary N) is 1. The van der Waals surface area contributed by atoms with Crippen molar-refractivity contribution in [2.24, 2.45) is 0 Å². The Morgan fingerprint density at radius 1 is 1.26 bits per heavy atom. The van der Waals surface area contributed by atoms with E-state index in [1.165, 1.54) is 6.07 Å². The molecule has 2 nitrogen and oxygen atoms in total. The Morgan fingerprint density at radius 2 is 2.00 bits per heavy atom. The van der Waals surface area contributed by atoms with Gasteiger partial charge in [0.1, 0.15) is 5.82 Å². The highest BCUT2D eigenvalue weighted by Crippen LogP contribution is 2.16. The number of carbonyl (C=O) groups is 1. The van der Waals surface area contributed by atoms with Crippen molar-refractivity contribution in [2.45, 2.75) is 13.5 Å². The molecule has 0 aliphatic rings. The van der Waals surface area contributed by atoms with Crippen molar-refractivity contribution in [3.63, 3.8) is 0 Å². The van der Waals surface area contributed by atoms with Gasteiger partial charge in [-0.15, -0.1) is 0 Å². The average Bonchev–Trinajstić information content (AvgIpc) is 2.40. The average molecular weight is 322 g/mol. The van der Waals surface area contributed by atoms with Crippen LogP contribution in [-0.4, -0.2) is 5.91 Å². The first-order valence-electron chi connectivity index (χ1n) is 5.85. The van der Waals surface area contributed by atoms with Gasteiger partial charge in [-0.25, -0.2) is 4.39 Å². The lowest BCUT2D eigenvalue weighted by Crippen LogP contribution is -2.24. The van der Waals surface area contributed by atoms with E-state index >= 15 is 0 Å². The number of hydrogen-bond donors (Lipinski definition) is 1. The number of halogens is 2. The second-order valence-electron chi connectivity index (χ2n) is 4.23. The molecule has 0 saturated carbocycles. The van der Waals surface area contributed by atoms with Crippen LogP contribution in [0.1, 0.15) is 21.5 Å². The monoisotopic (exact) mass is 321 g/mol. The van der Waals surface area contributed by atoms with Crippen LogP contribution in [0.4, 0.5) is 4.39 Å². The normalized spacial score (nSPS) is 10.3. The van der Waals surface area contributed by atoms with Crippen LogP contribution >= 0.6 is 15.9 Å². The van der Waals surface area contributed by atoms with E-state index in [-0.39, 0.29) is 18.3 Å². The molecule has 0 saturated heterocycles. The third kappa shape index (κ3) is 3.41. The number of carbonyl (C=O) groups excluding carboxylic acids is 1. The highest BCUT2D eigenvalue weighted by Gasteiger charge is 2.10. The summed E-state index contributed by atoms with van der Waals surface area (Å²) in [6.45, 7) is 2.04. The van der Waals surface area contributed by atoms with Crippen molar-refractivity contribution in [2.75, 3.05) is 0 Å². The van der Waals surface area contributed by atoms with Gasteiger partial charge in [0.05, 0.1) is 0 Å². The number of aryl methyl sites for hydroxylation is 1. The summed E-state index contributed by atoms with van der Waals surface area (Å²) in [6, 6.07) is 11.9. The molecule has 98 valence electrons. The summed E-state index contributed by atoms with van der Waals surface area (Å²) >= 11 is 3.33. The molecule has 0 spiro atoms. The molecule has 0 bridgehead atoms. The summed E-state index contributed by atoms with van der Waals surface area (Å²) in [4.78, 5) is 12.0. The van der Waals surface area contributed by atoms with Crippen LogP contribution in [0.5, 0.6) is 0 Å². The molecule has 19 heavy (non-hydrogen) atoms. The molecule has 2 aromatic carbocycles. The van der Waals surface area contributed by atoms with Gasteiger partial charge in [-0.3, -0.25) is 4.79 Å². The number of benzene rings is 2. The van der Waals surface area contributed by atoms with E-state index in [2.05, 4.69) is 21.2 Å². The van der Waals surface area contributed by atoms with E-state index in [9.17, 15) is 9.18 Å². The summed E-state index contributed by atoms with van der Waals surface area (Å²) in [7, 11) is 0. The van der Waals surface area contributed by atoms with Gasteiger partial charge in [0, 0.05) is 22.1 Å². The van der Waals surface area contributed by atoms with Crippen molar-refractivity contribution < 1.29 is 9.18 Å². The van der Waals surface area contributed by atoms with Gasteiger partial charge >= 0.3 is 0 Å². The quantitative estimate of drug-likeness (QED) is 0.914. The minimum Gasteiger partial charge on any atom is -0.348 e.